The molecule has 0 saturated carbocycles. The van der Waals surface area contributed by atoms with Gasteiger partial charge in [-0.1, -0.05) is 91.0 Å². The molecule has 0 aliphatic carbocycles. The standard InChI is InChI=1S/C27H20N2/c1-2-8-20(9-3-1)14-15-21-16-18-22(19-17-21)28-27-23-10-4-6-12-25(23)29-26-13-7-5-11-24(26)27/h1-19H,(H,28,29)/b15-14-. The monoisotopic (exact) mass is 372 g/mol. The lowest BCUT2D eigenvalue weighted by atomic mass is 10.1. The van der Waals surface area contributed by atoms with Crippen molar-refractivity contribution in [3.8, 4) is 0 Å². The molecule has 0 aliphatic heterocycles. The highest BCUT2D eigenvalue weighted by Crippen LogP contribution is 2.33. The predicted molar refractivity (Wildman–Crippen MR) is 124 cm³/mol. The number of aromatic nitrogens is 1. The van der Waals surface area contributed by atoms with E-state index in [9.17, 15) is 0 Å². The van der Waals surface area contributed by atoms with Crippen LogP contribution in [-0.4, -0.2) is 4.98 Å². The summed E-state index contributed by atoms with van der Waals surface area (Å²) in [4.78, 5) is 4.80. The van der Waals surface area contributed by atoms with Gasteiger partial charge in [0.1, 0.15) is 0 Å². The molecule has 2 nitrogen and oxygen atoms in total. The van der Waals surface area contributed by atoms with E-state index in [0.717, 1.165) is 33.2 Å². The van der Waals surface area contributed by atoms with Gasteiger partial charge >= 0.3 is 0 Å². The molecule has 2 heteroatoms. The zero-order chi connectivity index (χ0) is 19.5. The van der Waals surface area contributed by atoms with Gasteiger partial charge in [-0.25, -0.2) is 4.98 Å². The fourth-order valence-corrected chi connectivity index (χ4v) is 3.55. The van der Waals surface area contributed by atoms with Gasteiger partial charge in [-0.05, 0) is 35.4 Å². The van der Waals surface area contributed by atoms with Crippen LogP contribution in [0.15, 0.2) is 103 Å². The Labute approximate surface area is 170 Å². The average Bonchev–Trinajstić information content (AvgIpc) is 2.79. The first-order valence-corrected chi connectivity index (χ1v) is 9.74. The van der Waals surface area contributed by atoms with E-state index in [-0.39, 0.29) is 0 Å². The van der Waals surface area contributed by atoms with Crippen molar-refractivity contribution in [1.29, 1.82) is 0 Å². The van der Waals surface area contributed by atoms with Gasteiger partial charge in [0.25, 0.3) is 0 Å². The maximum absolute atomic E-state index is 4.80. The highest BCUT2D eigenvalue weighted by atomic mass is 14.9. The van der Waals surface area contributed by atoms with Crippen molar-refractivity contribution in [3.63, 3.8) is 0 Å². The minimum atomic E-state index is 0.996. The number of anilines is 2. The molecule has 0 radical (unpaired) electrons. The first-order chi connectivity index (χ1) is 14.4. The molecule has 0 atom stereocenters. The molecule has 5 rings (SSSR count). The largest absolute Gasteiger partial charge is 0.354 e. The minimum Gasteiger partial charge on any atom is -0.354 e. The van der Waals surface area contributed by atoms with E-state index in [2.05, 4.69) is 102 Å². The number of hydrogen-bond donors (Lipinski definition) is 1. The van der Waals surface area contributed by atoms with Gasteiger partial charge in [-0.3, -0.25) is 0 Å². The zero-order valence-electron chi connectivity index (χ0n) is 15.9. The number of para-hydroxylation sites is 2. The third-order valence-electron chi connectivity index (χ3n) is 5.04. The van der Waals surface area contributed by atoms with Crippen LogP contribution in [0.3, 0.4) is 0 Å². The van der Waals surface area contributed by atoms with Crippen molar-refractivity contribution in [2.24, 2.45) is 0 Å². The Morgan fingerprint density at radius 1 is 0.517 bits per heavy atom. The van der Waals surface area contributed by atoms with Gasteiger partial charge in [0, 0.05) is 16.5 Å². The maximum atomic E-state index is 4.80. The van der Waals surface area contributed by atoms with Gasteiger partial charge in [-0.2, -0.15) is 0 Å². The van der Waals surface area contributed by atoms with E-state index in [1.54, 1.807) is 0 Å². The molecule has 1 aromatic heterocycles. The number of pyridine rings is 1. The smallest absolute Gasteiger partial charge is 0.0730 e. The van der Waals surface area contributed by atoms with Crippen LogP contribution in [0.2, 0.25) is 0 Å². The van der Waals surface area contributed by atoms with Crippen molar-refractivity contribution in [3.05, 3.63) is 114 Å². The summed E-state index contributed by atoms with van der Waals surface area (Å²) in [5.41, 5.74) is 6.52. The Morgan fingerprint density at radius 2 is 1.03 bits per heavy atom. The summed E-state index contributed by atoms with van der Waals surface area (Å²) >= 11 is 0. The van der Waals surface area contributed by atoms with Crippen LogP contribution in [0.5, 0.6) is 0 Å². The quantitative estimate of drug-likeness (QED) is 0.264. The van der Waals surface area contributed by atoms with Gasteiger partial charge in [0.05, 0.1) is 16.7 Å². The topological polar surface area (TPSA) is 24.9 Å². The molecule has 1 N–H and O–H groups in total. The second-order valence-electron chi connectivity index (χ2n) is 7.01. The lowest BCUT2D eigenvalue weighted by Gasteiger charge is -2.13. The molecule has 0 unspecified atom stereocenters. The molecule has 0 saturated heterocycles. The van der Waals surface area contributed by atoms with Gasteiger partial charge < -0.3 is 5.32 Å². The van der Waals surface area contributed by atoms with Crippen LogP contribution in [0.1, 0.15) is 11.1 Å². The molecule has 29 heavy (non-hydrogen) atoms. The Bertz CT molecular complexity index is 1250. The third-order valence-corrected chi connectivity index (χ3v) is 5.04. The lowest BCUT2D eigenvalue weighted by molar-refractivity contribution is 1.48. The number of benzene rings is 4. The van der Waals surface area contributed by atoms with E-state index < -0.39 is 0 Å². The summed E-state index contributed by atoms with van der Waals surface area (Å²) in [7, 11) is 0. The summed E-state index contributed by atoms with van der Waals surface area (Å²) < 4.78 is 0. The van der Waals surface area contributed by atoms with E-state index in [1.165, 1.54) is 11.1 Å². The molecule has 0 amide bonds. The molecule has 0 fully saturated rings. The third kappa shape index (κ3) is 3.61. The summed E-state index contributed by atoms with van der Waals surface area (Å²) in [6.07, 6.45) is 4.27. The number of nitrogens with one attached hydrogen (secondary N) is 1. The Balaban J connectivity index is 1.48. The highest BCUT2D eigenvalue weighted by molar-refractivity contribution is 6.08. The van der Waals surface area contributed by atoms with Crippen LogP contribution < -0.4 is 5.32 Å². The maximum Gasteiger partial charge on any atom is 0.0730 e. The van der Waals surface area contributed by atoms with Crippen molar-refractivity contribution < 1.29 is 0 Å². The summed E-state index contributed by atoms with van der Waals surface area (Å²) in [5.74, 6) is 0. The van der Waals surface area contributed by atoms with Crippen LogP contribution in [0, 0.1) is 0 Å². The Morgan fingerprint density at radius 3 is 1.66 bits per heavy atom. The highest BCUT2D eigenvalue weighted by Gasteiger charge is 2.08. The second kappa shape index (κ2) is 7.61. The van der Waals surface area contributed by atoms with Crippen LogP contribution in [0.4, 0.5) is 11.4 Å². The van der Waals surface area contributed by atoms with Crippen molar-refractivity contribution in [2.45, 2.75) is 0 Å². The van der Waals surface area contributed by atoms with Crippen LogP contribution in [0.25, 0.3) is 34.0 Å². The van der Waals surface area contributed by atoms with Crippen LogP contribution in [-0.2, 0) is 0 Å². The predicted octanol–water partition coefficient (Wildman–Crippen LogP) is 7.30. The van der Waals surface area contributed by atoms with Gasteiger partial charge in [0.2, 0.25) is 0 Å². The molecule has 0 bridgehead atoms. The first kappa shape index (κ1) is 17.2. The summed E-state index contributed by atoms with van der Waals surface area (Å²) in [6, 6.07) is 35.4. The zero-order valence-corrected chi connectivity index (χ0v) is 15.9. The van der Waals surface area contributed by atoms with Gasteiger partial charge in [-0.15, -0.1) is 0 Å². The van der Waals surface area contributed by atoms with Gasteiger partial charge in [0.15, 0.2) is 0 Å². The molecule has 1 heterocycles. The minimum absolute atomic E-state index is 0.996. The van der Waals surface area contributed by atoms with Crippen molar-refractivity contribution >= 4 is 45.3 Å². The molecular weight excluding hydrogens is 352 g/mol. The van der Waals surface area contributed by atoms with Crippen molar-refractivity contribution in [1.82, 2.24) is 4.98 Å². The Hall–Kier alpha value is -3.91. The molecule has 138 valence electrons. The fraction of sp³-hybridized carbons (Fsp3) is 0. The lowest BCUT2D eigenvalue weighted by Crippen LogP contribution is -1.95. The van der Waals surface area contributed by atoms with E-state index >= 15 is 0 Å². The summed E-state index contributed by atoms with van der Waals surface area (Å²) in [6.45, 7) is 0. The Kier molecular flexibility index (Phi) is 4.51. The number of hydrogen-bond acceptors (Lipinski definition) is 2. The molecule has 0 aliphatic rings. The normalized spacial score (nSPS) is 11.3. The number of nitrogens with zero attached hydrogens (tertiary/aromatic N) is 1. The van der Waals surface area contributed by atoms with E-state index in [4.69, 9.17) is 4.98 Å². The van der Waals surface area contributed by atoms with E-state index in [1.807, 2.05) is 18.2 Å². The van der Waals surface area contributed by atoms with Crippen LogP contribution >= 0.6 is 0 Å². The van der Waals surface area contributed by atoms with E-state index in [0.29, 0.717) is 0 Å². The fourth-order valence-electron chi connectivity index (χ4n) is 3.55. The molecule has 5 aromatic rings. The van der Waals surface area contributed by atoms with Crippen molar-refractivity contribution in [2.75, 3.05) is 5.32 Å². The molecule has 4 aromatic carbocycles. The SMILES string of the molecule is C(=C/c1ccc(Nc2c3ccccc3nc3ccccc23)cc1)/c1ccccc1. The first-order valence-electron chi connectivity index (χ1n) is 9.74. The average molecular weight is 372 g/mol. The summed E-state index contributed by atoms with van der Waals surface area (Å²) in [5, 5.41) is 5.88. The second-order valence-corrected chi connectivity index (χ2v) is 7.01. The number of rotatable bonds is 4. The number of fused-ring (bicyclic) bond motifs is 2. The molecule has 0 spiro atoms. The molecular formula is C27H20N2.